The molecular weight excluding hydrogens is 276 g/mol. The van der Waals surface area contributed by atoms with Crippen molar-refractivity contribution >= 4 is 12.0 Å². The number of nitrogens with zero attached hydrogens (tertiary/aromatic N) is 1. The number of carboxylic acid groups (broad SMARTS) is 1. The molecular formula is C14H18N2O5. The number of aromatic hydroxyl groups is 2. The number of phenols is 2. The molecule has 0 bridgehead atoms. The second-order valence-corrected chi connectivity index (χ2v) is 5.21. The summed E-state index contributed by atoms with van der Waals surface area (Å²) in [5, 5.41) is 30.3. The summed E-state index contributed by atoms with van der Waals surface area (Å²) in [6, 6.07) is 2.73. The summed E-state index contributed by atoms with van der Waals surface area (Å²) in [5.74, 6) is -1.75. The molecule has 7 nitrogen and oxygen atoms in total. The van der Waals surface area contributed by atoms with Crippen molar-refractivity contribution in [2.45, 2.75) is 31.3 Å². The predicted molar refractivity (Wildman–Crippen MR) is 74.2 cm³/mol. The fourth-order valence-electron chi connectivity index (χ4n) is 2.01. The highest BCUT2D eigenvalue weighted by molar-refractivity contribution is 5.83. The molecule has 114 valence electrons. The third-order valence-electron chi connectivity index (χ3n) is 3.49. The van der Waals surface area contributed by atoms with Gasteiger partial charge in [-0.2, -0.15) is 0 Å². The monoisotopic (exact) mass is 294 g/mol. The number of carboxylic acids is 1. The molecule has 0 unspecified atom stereocenters. The molecule has 1 aliphatic rings. The lowest BCUT2D eigenvalue weighted by Gasteiger charge is -2.21. The number of benzene rings is 1. The Kier molecular flexibility index (Phi) is 4.21. The smallest absolute Gasteiger partial charge is 0.326 e. The van der Waals surface area contributed by atoms with Crippen LogP contribution in [0.15, 0.2) is 18.2 Å². The Labute approximate surface area is 121 Å². The van der Waals surface area contributed by atoms with Crippen molar-refractivity contribution in [1.82, 2.24) is 10.2 Å². The second kappa shape index (κ2) is 5.90. The zero-order chi connectivity index (χ0) is 15.6. The highest BCUT2D eigenvalue weighted by Crippen LogP contribution is 2.26. The molecule has 1 aliphatic carbocycles. The van der Waals surface area contributed by atoms with E-state index in [9.17, 15) is 24.9 Å². The van der Waals surface area contributed by atoms with Crippen molar-refractivity contribution in [3.63, 3.8) is 0 Å². The van der Waals surface area contributed by atoms with Crippen molar-refractivity contribution in [2.24, 2.45) is 0 Å². The summed E-state index contributed by atoms with van der Waals surface area (Å²) in [7, 11) is 1.64. The van der Waals surface area contributed by atoms with E-state index in [1.165, 1.54) is 23.1 Å². The predicted octanol–water partition coefficient (Wildman–Crippen LogP) is 0.897. The number of hydrogen-bond acceptors (Lipinski definition) is 4. The third-order valence-corrected chi connectivity index (χ3v) is 3.49. The topological polar surface area (TPSA) is 110 Å². The van der Waals surface area contributed by atoms with Crippen molar-refractivity contribution in [3.8, 4) is 11.5 Å². The lowest BCUT2D eigenvalue weighted by atomic mass is 10.1. The average Bonchev–Trinajstić information content (AvgIpc) is 3.25. The Morgan fingerprint density at radius 1 is 1.33 bits per heavy atom. The Morgan fingerprint density at radius 3 is 2.52 bits per heavy atom. The minimum absolute atomic E-state index is 0.0212. The van der Waals surface area contributed by atoms with Gasteiger partial charge in [0.05, 0.1) is 0 Å². The lowest BCUT2D eigenvalue weighted by Crippen LogP contribution is -2.48. The molecule has 4 N–H and O–H groups in total. The Bertz CT molecular complexity index is 556. The number of hydrogen-bond donors (Lipinski definition) is 4. The molecule has 21 heavy (non-hydrogen) atoms. The summed E-state index contributed by atoms with van der Waals surface area (Å²) in [4.78, 5) is 24.7. The molecule has 1 aromatic rings. The number of carbonyl (C=O) groups is 2. The molecule has 0 saturated heterocycles. The first-order chi connectivity index (χ1) is 9.88. The lowest BCUT2D eigenvalue weighted by molar-refractivity contribution is -0.139. The van der Waals surface area contributed by atoms with Gasteiger partial charge in [-0.1, -0.05) is 6.07 Å². The van der Waals surface area contributed by atoms with Gasteiger partial charge in [0, 0.05) is 19.5 Å². The molecule has 2 rings (SSSR count). The van der Waals surface area contributed by atoms with Crippen LogP contribution in [0.5, 0.6) is 11.5 Å². The summed E-state index contributed by atoms with van der Waals surface area (Å²) < 4.78 is 0. The van der Waals surface area contributed by atoms with Crippen LogP contribution in [0.3, 0.4) is 0 Å². The summed E-state index contributed by atoms with van der Waals surface area (Å²) in [5.41, 5.74) is 0.507. The van der Waals surface area contributed by atoms with E-state index in [1.54, 1.807) is 7.05 Å². The zero-order valence-electron chi connectivity index (χ0n) is 11.6. The first kappa shape index (κ1) is 15.0. The maximum Gasteiger partial charge on any atom is 0.326 e. The molecule has 1 saturated carbocycles. The standard InChI is InChI=1S/C14H18N2O5/c1-16(9-3-4-9)14(21)15-10(13(19)20)6-8-2-5-11(17)12(18)7-8/h2,5,7,9-10,17-18H,3-4,6H2,1H3,(H,15,21)(H,19,20)/t10-/m0/s1. The SMILES string of the molecule is CN(C(=O)N[C@@H](Cc1ccc(O)c(O)c1)C(=O)O)C1CC1. The van der Waals surface area contributed by atoms with E-state index in [1.807, 2.05) is 0 Å². The van der Waals surface area contributed by atoms with Gasteiger partial charge in [-0.25, -0.2) is 9.59 Å². The molecule has 0 radical (unpaired) electrons. The van der Waals surface area contributed by atoms with Gasteiger partial charge in [0.2, 0.25) is 0 Å². The zero-order valence-corrected chi connectivity index (χ0v) is 11.6. The Morgan fingerprint density at radius 2 is 2.00 bits per heavy atom. The van der Waals surface area contributed by atoms with Crippen LogP contribution in [-0.2, 0) is 11.2 Å². The van der Waals surface area contributed by atoms with Crippen LogP contribution in [-0.4, -0.2) is 51.4 Å². The van der Waals surface area contributed by atoms with Crippen molar-refractivity contribution < 1.29 is 24.9 Å². The van der Waals surface area contributed by atoms with E-state index in [0.717, 1.165) is 12.8 Å². The molecule has 1 aromatic carbocycles. The van der Waals surface area contributed by atoms with Gasteiger partial charge in [-0.15, -0.1) is 0 Å². The van der Waals surface area contributed by atoms with E-state index >= 15 is 0 Å². The van der Waals surface area contributed by atoms with Crippen LogP contribution in [0.25, 0.3) is 0 Å². The van der Waals surface area contributed by atoms with Crippen molar-refractivity contribution in [3.05, 3.63) is 23.8 Å². The number of amides is 2. The fourth-order valence-corrected chi connectivity index (χ4v) is 2.01. The maximum absolute atomic E-state index is 11.9. The molecule has 7 heteroatoms. The molecule has 1 fully saturated rings. The quantitative estimate of drug-likeness (QED) is 0.603. The van der Waals surface area contributed by atoms with E-state index in [4.69, 9.17) is 0 Å². The van der Waals surface area contributed by atoms with Crippen LogP contribution in [0.2, 0.25) is 0 Å². The maximum atomic E-state index is 11.9. The Balaban J connectivity index is 2.02. The normalized spacial score (nSPS) is 15.3. The molecule has 1 atom stereocenters. The largest absolute Gasteiger partial charge is 0.504 e. The van der Waals surface area contributed by atoms with Gasteiger partial charge < -0.3 is 25.5 Å². The highest BCUT2D eigenvalue weighted by Gasteiger charge is 2.31. The molecule has 0 aliphatic heterocycles. The van der Waals surface area contributed by atoms with Crippen LogP contribution < -0.4 is 5.32 Å². The van der Waals surface area contributed by atoms with Gasteiger partial charge in [0.15, 0.2) is 11.5 Å². The highest BCUT2D eigenvalue weighted by atomic mass is 16.4. The van der Waals surface area contributed by atoms with Crippen LogP contribution in [0.4, 0.5) is 4.79 Å². The number of nitrogens with one attached hydrogen (secondary N) is 1. The van der Waals surface area contributed by atoms with Crippen LogP contribution in [0, 0.1) is 0 Å². The summed E-state index contributed by atoms with van der Waals surface area (Å²) in [6.45, 7) is 0. The summed E-state index contributed by atoms with van der Waals surface area (Å²) in [6.07, 6.45) is 1.90. The van der Waals surface area contributed by atoms with Gasteiger partial charge in [-0.05, 0) is 30.5 Å². The van der Waals surface area contributed by atoms with Gasteiger partial charge in [-0.3, -0.25) is 0 Å². The van der Waals surface area contributed by atoms with Gasteiger partial charge >= 0.3 is 12.0 Å². The van der Waals surface area contributed by atoms with Crippen molar-refractivity contribution in [2.75, 3.05) is 7.05 Å². The van der Waals surface area contributed by atoms with E-state index in [2.05, 4.69) is 5.32 Å². The number of rotatable bonds is 5. The molecule has 2 amide bonds. The van der Waals surface area contributed by atoms with Crippen molar-refractivity contribution in [1.29, 1.82) is 0 Å². The number of aliphatic carboxylic acids is 1. The van der Waals surface area contributed by atoms with Gasteiger partial charge in [0.25, 0.3) is 0 Å². The molecule has 0 spiro atoms. The van der Waals surface area contributed by atoms with Crippen LogP contribution >= 0.6 is 0 Å². The minimum atomic E-state index is -1.15. The number of carbonyl (C=O) groups excluding carboxylic acids is 1. The van der Waals surface area contributed by atoms with Crippen LogP contribution in [0.1, 0.15) is 18.4 Å². The molecule has 0 aromatic heterocycles. The fraction of sp³-hybridized carbons (Fsp3) is 0.429. The second-order valence-electron chi connectivity index (χ2n) is 5.21. The van der Waals surface area contributed by atoms with E-state index in [0.29, 0.717) is 5.56 Å². The third kappa shape index (κ3) is 3.77. The average molecular weight is 294 g/mol. The number of urea groups is 1. The minimum Gasteiger partial charge on any atom is -0.504 e. The first-order valence-electron chi connectivity index (χ1n) is 6.65. The first-order valence-corrected chi connectivity index (χ1v) is 6.65. The summed E-state index contributed by atoms with van der Waals surface area (Å²) >= 11 is 0. The van der Waals surface area contributed by atoms with E-state index in [-0.39, 0.29) is 24.0 Å². The van der Waals surface area contributed by atoms with Gasteiger partial charge in [0.1, 0.15) is 6.04 Å². The number of phenolic OH excluding ortho intramolecular Hbond substituents is 2. The van der Waals surface area contributed by atoms with E-state index < -0.39 is 18.0 Å². The Hall–Kier alpha value is -2.44. The molecule has 0 heterocycles.